The maximum absolute atomic E-state index is 14.5. The van der Waals surface area contributed by atoms with Crippen molar-refractivity contribution in [2.75, 3.05) is 5.32 Å². The average molecular weight is 676 g/mol. The van der Waals surface area contributed by atoms with Gasteiger partial charge in [0, 0.05) is 52.0 Å². The van der Waals surface area contributed by atoms with Gasteiger partial charge >= 0.3 is 0 Å². The molecule has 5 aromatic carbocycles. The summed E-state index contributed by atoms with van der Waals surface area (Å²) in [4.78, 5) is 19.2. The Morgan fingerprint density at radius 3 is 2.08 bits per heavy atom. The van der Waals surface area contributed by atoms with Gasteiger partial charge in [-0.3, -0.25) is 9.78 Å². The molecule has 51 heavy (non-hydrogen) atoms. The van der Waals surface area contributed by atoms with Crippen LogP contribution in [-0.4, -0.2) is 26.1 Å². The number of phenolic OH excluding ortho intramolecular Hbond substituents is 3. The van der Waals surface area contributed by atoms with Crippen LogP contribution >= 0.6 is 0 Å². The lowest BCUT2D eigenvalue weighted by Gasteiger charge is -2.33. The van der Waals surface area contributed by atoms with Crippen LogP contribution in [0.15, 0.2) is 97.2 Å². The molecule has 4 N–H and O–H groups in total. The summed E-state index contributed by atoms with van der Waals surface area (Å²) < 4.78 is 6.62. The quantitative estimate of drug-likeness (QED) is 0.131. The molecule has 0 radical (unpaired) electrons. The smallest absolute Gasteiger partial charge is 0.196 e. The van der Waals surface area contributed by atoms with E-state index in [0.29, 0.717) is 61.5 Å². The first-order chi connectivity index (χ1) is 24.2. The Bertz CT molecular complexity index is 2380. The highest BCUT2D eigenvalue weighted by molar-refractivity contribution is 6.30. The zero-order valence-corrected chi connectivity index (χ0v) is 29.0. The number of ether oxygens (including phenoxy) is 1. The molecule has 0 amide bonds. The summed E-state index contributed by atoms with van der Waals surface area (Å²) in [5.74, 6) is -0.261. The van der Waals surface area contributed by atoms with Gasteiger partial charge in [-0.1, -0.05) is 71.0 Å². The van der Waals surface area contributed by atoms with Gasteiger partial charge in [0.1, 0.15) is 28.7 Å². The van der Waals surface area contributed by atoms with Gasteiger partial charge < -0.3 is 25.4 Å². The van der Waals surface area contributed by atoms with Gasteiger partial charge in [0.25, 0.3) is 0 Å². The zero-order chi connectivity index (χ0) is 36.2. The number of aromatic nitrogens is 1. The predicted octanol–water partition coefficient (Wildman–Crippen LogP) is 10.4. The SMILES string of the molecule is CC(C)(C)CC(C)(C)c1ccc(Oc2cc(Nc3ccc(C#N)cc3)c3c4c(c(-c5c(O)cc(O)cc5O)ncc24)-c2ccccc2C3=O)cc1. The number of nitriles is 1. The van der Waals surface area contributed by atoms with Crippen LogP contribution in [0.25, 0.3) is 33.2 Å². The number of rotatable bonds is 7. The molecule has 8 nitrogen and oxygen atoms in total. The van der Waals surface area contributed by atoms with Crippen LogP contribution in [0.5, 0.6) is 28.7 Å². The number of nitrogens with one attached hydrogen (secondary N) is 1. The molecule has 0 bridgehead atoms. The van der Waals surface area contributed by atoms with Crippen LogP contribution in [-0.2, 0) is 5.41 Å². The topological polar surface area (TPSA) is 136 Å². The molecule has 0 fully saturated rings. The van der Waals surface area contributed by atoms with Crippen molar-refractivity contribution in [1.82, 2.24) is 4.98 Å². The first kappa shape index (κ1) is 33.2. The number of fused-ring (bicyclic) bond motifs is 2. The van der Waals surface area contributed by atoms with Crippen molar-refractivity contribution in [2.45, 2.75) is 46.5 Å². The number of nitrogens with zero attached hydrogens (tertiary/aromatic N) is 2. The summed E-state index contributed by atoms with van der Waals surface area (Å²) in [5.41, 5.74) is 4.99. The van der Waals surface area contributed by atoms with E-state index in [1.54, 1.807) is 48.7 Å². The molecular weight excluding hydrogens is 638 g/mol. The Kier molecular flexibility index (Phi) is 7.95. The molecule has 0 saturated heterocycles. The lowest BCUT2D eigenvalue weighted by molar-refractivity contribution is 0.104. The van der Waals surface area contributed by atoms with Crippen LogP contribution in [0, 0.1) is 16.7 Å². The Morgan fingerprint density at radius 1 is 0.804 bits per heavy atom. The van der Waals surface area contributed by atoms with E-state index in [1.165, 1.54) is 5.56 Å². The van der Waals surface area contributed by atoms with Crippen molar-refractivity contribution in [1.29, 1.82) is 5.26 Å². The van der Waals surface area contributed by atoms with Crippen LogP contribution in [0.1, 0.15) is 68.1 Å². The molecule has 0 saturated carbocycles. The van der Waals surface area contributed by atoms with E-state index in [-0.39, 0.29) is 45.1 Å². The second-order valence-electron chi connectivity index (χ2n) is 14.9. The second kappa shape index (κ2) is 12.2. The molecule has 0 unspecified atom stereocenters. The minimum atomic E-state index is -0.371. The zero-order valence-electron chi connectivity index (χ0n) is 29.0. The second-order valence-corrected chi connectivity index (χ2v) is 14.9. The van der Waals surface area contributed by atoms with E-state index in [1.807, 2.05) is 24.3 Å². The number of pyridine rings is 1. The summed E-state index contributed by atoms with van der Waals surface area (Å²) in [6.07, 6.45) is 2.57. The maximum atomic E-state index is 14.5. The average Bonchev–Trinajstić information content (AvgIpc) is 3.07. The summed E-state index contributed by atoms with van der Waals surface area (Å²) in [6.45, 7) is 11.2. The lowest BCUT2D eigenvalue weighted by Crippen LogP contribution is -2.24. The molecule has 0 spiro atoms. The molecule has 1 aliphatic rings. The van der Waals surface area contributed by atoms with Crippen LogP contribution < -0.4 is 10.1 Å². The molecule has 7 rings (SSSR count). The van der Waals surface area contributed by atoms with E-state index < -0.39 is 0 Å². The summed E-state index contributed by atoms with van der Waals surface area (Å²) in [6, 6.07) is 28.3. The third-order valence-corrected chi connectivity index (χ3v) is 9.25. The van der Waals surface area contributed by atoms with E-state index in [9.17, 15) is 25.4 Å². The van der Waals surface area contributed by atoms with E-state index in [2.05, 4.69) is 58.1 Å². The van der Waals surface area contributed by atoms with Crippen molar-refractivity contribution < 1.29 is 24.9 Å². The molecule has 6 aromatic rings. The van der Waals surface area contributed by atoms with E-state index >= 15 is 0 Å². The minimum Gasteiger partial charge on any atom is -0.508 e. The van der Waals surface area contributed by atoms with Crippen molar-refractivity contribution in [3.8, 4) is 57.2 Å². The molecule has 254 valence electrons. The largest absolute Gasteiger partial charge is 0.508 e. The number of phenols is 3. The van der Waals surface area contributed by atoms with Crippen molar-refractivity contribution in [3.05, 3.63) is 119 Å². The summed E-state index contributed by atoms with van der Waals surface area (Å²) in [7, 11) is 0. The van der Waals surface area contributed by atoms with E-state index in [0.717, 1.165) is 18.6 Å². The molecule has 0 aliphatic heterocycles. The highest BCUT2D eigenvalue weighted by atomic mass is 16.5. The molecule has 8 heteroatoms. The fourth-order valence-corrected chi connectivity index (χ4v) is 7.43. The van der Waals surface area contributed by atoms with Crippen LogP contribution in [0.3, 0.4) is 0 Å². The molecule has 0 atom stereocenters. The minimum absolute atomic E-state index is 0.0150. The number of hydrogen-bond acceptors (Lipinski definition) is 8. The number of aromatic hydroxyl groups is 3. The number of ketones is 1. The van der Waals surface area contributed by atoms with Gasteiger partial charge in [0.15, 0.2) is 5.78 Å². The van der Waals surface area contributed by atoms with Gasteiger partial charge in [0.05, 0.1) is 34.1 Å². The standard InChI is InChI=1S/C43H37N3O5/c1-42(2,3)23-43(4,5)25-12-16-28(17-13-25)51-35-20-32(46-26-14-10-24(21-44)11-15-26)38-36-31(35)22-45-40(39-33(48)18-27(47)19-34(39)49)37(36)29-8-6-7-9-30(29)41(38)50/h6-20,22,46-49H,23H2,1-5H3. The van der Waals surface area contributed by atoms with Gasteiger partial charge in [0.2, 0.25) is 0 Å². The fourth-order valence-electron chi connectivity index (χ4n) is 7.43. The van der Waals surface area contributed by atoms with Gasteiger partial charge in [-0.25, -0.2) is 0 Å². The van der Waals surface area contributed by atoms with Gasteiger partial charge in [-0.2, -0.15) is 5.26 Å². The fraction of sp³-hybridized carbons (Fsp3) is 0.186. The number of carbonyl (C=O) groups excluding carboxylic acids is 1. The van der Waals surface area contributed by atoms with Crippen LogP contribution in [0.2, 0.25) is 0 Å². The van der Waals surface area contributed by atoms with E-state index in [4.69, 9.17) is 9.72 Å². The summed E-state index contributed by atoms with van der Waals surface area (Å²) in [5, 5.41) is 45.9. The predicted molar refractivity (Wildman–Crippen MR) is 199 cm³/mol. The molecule has 1 heterocycles. The highest BCUT2D eigenvalue weighted by Crippen LogP contribution is 2.52. The monoisotopic (exact) mass is 675 g/mol. The molecule has 1 aromatic heterocycles. The summed E-state index contributed by atoms with van der Waals surface area (Å²) >= 11 is 0. The molecular formula is C43H37N3O5. The highest BCUT2D eigenvalue weighted by Gasteiger charge is 2.34. The number of benzene rings is 5. The maximum Gasteiger partial charge on any atom is 0.196 e. The number of carbonyl (C=O) groups is 1. The number of anilines is 2. The van der Waals surface area contributed by atoms with Gasteiger partial charge in [-0.15, -0.1) is 0 Å². The van der Waals surface area contributed by atoms with Crippen molar-refractivity contribution >= 4 is 27.9 Å². The first-order valence-corrected chi connectivity index (χ1v) is 16.7. The normalized spacial score (nSPS) is 12.4. The Hall–Kier alpha value is -6.33. The lowest BCUT2D eigenvalue weighted by atomic mass is 9.72. The van der Waals surface area contributed by atoms with Crippen molar-refractivity contribution in [3.63, 3.8) is 0 Å². The molecule has 1 aliphatic carbocycles. The third kappa shape index (κ3) is 6.08. The number of hydrogen-bond donors (Lipinski definition) is 4. The Morgan fingerprint density at radius 2 is 1.45 bits per heavy atom. The Labute approximate surface area is 296 Å². The van der Waals surface area contributed by atoms with Crippen molar-refractivity contribution in [2.24, 2.45) is 5.41 Å². The third-order valence-electron chi connectivity index (χ3n) is 9.25. The first-order valence-electron chi connectivity index (χ1n) is 16.7. The van der Waals surface area contributed by atoms with Gasteiger partial charge in [-0.05, 0) is 64.8 Å². The van der Waals surface area contributed by atoms with Crippen LogP contribution in [0.4, 0.5) is 11.4 Å². The Balaban J connectivity index is 1.47.